The molecule has 1 aromatic carbocycles. The van der Waals surface area contributed by atoms with Gasteiger partial charge >= 0.3 is 0 Å². The summed E-state index contributed by atoms with van der Waals surface area (Å²) < 4.78 is 0. The maximum atomic E-state index is 9.51. The maximum absolute atomic E-state index is 9.51. The molecule has 0 aromatic heterocycles. The third kappa shape index (κ3) is 3.23. The van der Waals surface area contributed by atoms with E-state index in [-0.39, 0.29) is 12.1 Å². The van der Waals surface area contributed by atoms with Gasteiger partial charge in [-0.05, 0) is 32.0 Å². The molecular weight excluding hydrogens is 248 g/mol. The standard InChI is InChI=1S/C14H21ClN2O/c1-10(13-5-3-4-6-14(13)15)17(2)9-11-7-12(18)8-16-11/h3-6,10-12,16,18H,7-9H2,1-2H3. The van der Waals surface area contributed by atoms with Gasteiger partial charge in [-0.1, -0.05) is 29.8 Å². The molecule has 0 bridgehead atoms. The lowest BCUT2D eigenvalue weighted by Gasteiger charge is -2.28. The monoisotopic (exact) mass is 268 g/mol. The minimum Gasteiger partial charge on any atom is -0.392 e. The number of aliphatic hydroxyl groups excluding tert-OH is 1. The zero-order valence-corrected chi connectivity index (χ0v) is 11.7. The van der Waals surface area contributed by atoms with Crippen LogP contribution in [0.4, 0.5) is 0 Å². The Hall–Kier alpha value is -0.610. The molecule has 3 unspecified atom stereocenters. The number of aliphatic hydroxyl groups is 1. The molecular formula is C14H21ClN2O. The highest BCUT2D eigenvalue weighted by Crippen LogP contribution is 2.26. The van der Waals surface area contributed by atoms with Crippen LogP contribution in [0.15, 0.2) is 24.3 Å². The first-order valence-corrected chi connectivity index (χ1v) is 6.82. The van der Waals surface area contributed by atoms with Gasteiger partial charge in [-0.2, -0.15) is 0 Å². The van der Waals surface area contributed by atoms with Crippen molar-refractivity contribution in [1.29, 1.82) is 0 Å². The van der Waals surface area contributed by atoms with Crippen molar-refractivity contribution in [3.05, 3.63) is 34.9 Å². The van der Waals surface area contributed by atoms with E-state index in [0.29, 0.717) is 12.6 Å². The SMILES string of the molecule is CC(c1ccccc1Cl)N(C)CC1CC(O)CN1. The molecule has 0 spiro atoms. The Morgan fingerprint density at radius 1 is 1.50 bits per heavy atom. The molecule has 1 aliphatic heterocycles. The highest BCUT2D eigenvalue weighted by atomic mass is 35.5. The van der Waals surface area contributed by atoms with E-state index in [9.17, 15) is 5.11 Å². The summed E-state index contributed by atoms with van der Waals surface area (Å²) in [7, 11) is 2.10. The molecule has 18 heavy (non-hydrogen) atoms. The topological polar surface area (TPSA) is 35.5 Å². The predicted octanol–water partition coefficient (Wildman–Crippen LogP) is 2.06. The second kappa shape index (κ2) is 6.02. The Bertz CT molecular complexity index is 399. The third-order valence-electron chi connectivity index (χ3n) is 3.72. The molecule has 3 atom stereocenters. The Morgan fingerprint density at radius 3 is 2.83 bits per heavy atom. The van der Waals surface area contributed by atoms with Crippen molar-refractivity contribution in [1.82, 2.24) is 10.2 Å². The quantitative estimate of drug-likeness (QED) is 0.877. The van der Waals surface area contributed by atoms with Crippen LogP contribution in [0.3, 0.4) is 0 Å². The minimum atomic E-state index is -0.195. The van der Waals surface area contributed by atoms with Crippen molar-refractivity contribution >= 4 is 11.6 Å². The summed E-state index contributed by atoms with van der Waals surface area (Å²) in [5.74, 6) is 0. The summed E-state index contributed by atoms with van der Waals surface area (Å²) in [5.41, 5.74) is 1.15. The third-order valence-corrected chi connectivity index (χ3v) is 4.07. The molecule has 100 valence electrons. The lowest BCUT2D eigenvalue weighted by atomic mass is 10.1. The highest BCUT2D eigenvalue weighted by molar-refractivity contribution is 6.31. The summed E-state index contributed by atoms with van der Waals surface area (Å²) in [6.45, 7) is 3.79. The van der Waals surface area contributed by atoms with Gasteiger partial charge < -0.3 is 10.4 Å². The van der Waals surface area contributed by atoms with Crippen molar-refractivity contribution in [3.63, 3.8) is 0 Å². The van der Waals surface area contributed by atoms with E-state index in [1.54, 1.807) is 0 Å². The number of rotatable bonds is 4. The van der Waals surface area contributed by atoms with Gasteiger partial charge in [0.15, 0.2) is 0 Å². The first-order chi connectivity index (χ1) is 8.58. The Labute approximate surface area is 114 Å². The van der Waals surface area contributed by atoms with Crippen LogP contribution in [-0.2, 0) is 0 Å². The number of likely N-dealkylation sites (N-methyl/N-ethyl adjacent to an activating group) is 1. The molecule has 2 rings (SSSR count). The van der Waals surface area contributed by atoms with Gasteiger partial charge in [-0.15, -0.1) is 0 Å². The molecule has 2 N–H and O–H groups in total. The molecule has 1 aromatic rings. The van der Waals surface area contributed by atoms with Crippen molar-refractivity contribution in [2.75, 3.05) is 20.1 Å². The summed E-state index contributed by atoms with van der Waals surface area (Å²) in [6, 6.07) is 8.61. The lowest BCUT2D eigenvalue weighted by Crippen LogP contribution is -2.36. The van der Waals surface area contributed by atoms with Gasteiger partial charge in [0.1, 0.15) is 0 Å². The summed E-state index contributed by atoms with van der Waals surface area (Å²) in [5, 5.41) is 13.7. The highest BCUT2D eigenvalue weighted by Gasteiger charge is 2.25. The van der Waals surface area contributed by atoms with Gasteiger partial charge in [-0.25, -0.2) is 0 Å². The van der Waals surface area contributed by atoms with E-state index in [2.05, 4.69) is 30.3 Å². The predicted molar refractivity (Wildman–Crippen MR) is 74.9 cm³/mol. The van der Waals surface area contributed by atoms with E-state index >= 15 is 0 Å². The fourth-order valence-electron chi connectivity index (χ4n) is 2.49. The van der Waals surface area contributed by atoms with Crippen LogP contribution < -0.4 is 5.32 Å². The van der Waals surface area contributed by atoms with Crippen LogP contribution in [0.2, 0.25) is 5.02 Å². The summed E-state index contributed by atoms with van der Waals surface area (Å²) in [4.78, 5) is 2.27. The van der Waals surface area contributed by atoms with Crippen molar-refractivity contribution in [2.45, 2.75) is 31.5 Å². The van der Waals surface area contributed by atoms with E-state index < -0.39 is 0 Å². The summed E-state index contributed by atoms with van der Waals surface area (Å²) in [6.07, 6.45) is 0.638. The molecule has 1 heterocycles. The van der Waals surface area contributed by atoms with Crippen LogP contribution in [0, 0.1) is 0 Å². The van der Waals surface area contributed by atoms with Crippen LogP contribution in [0.5, 0.6) is 0 Å². The molecule has 1 saturated heterocycles. The lowest BCUT2D eigenvalue weighted by molar-refractivity contribution is 0.185. The number of benzene rings is 1. The van der Waals surface area contributed by atoms with Crippen LogP contribution in [0.1, 0.15) is 24.9 Å². The molecule has 0 amide bonds. The number of β-amino-alcohol motifs (C(OH)–C–C–N with tert-alkyl or cyclic N) is 1. The molecule has 4 heteroatoms. The average molecular weight is 269 g/mol. The largest absolute Gasteiger partial charge is 0.392 e. The van der Waals surface area contributed by atoms with Crippen molar-refractivity contribution in [3.8, 4) is 0 Å². The minimum absolute atomic E-state index is 0.195. The number of halogens is 1. The average Bonchev–Trinajstić information content (AvgIpc) is 2.74. The van der Waals surface area contributed by atoms with Gasteiger partial charge in [0.25, 0.3) is 0 Å². The maximum Gasteiger partial charge on any atom is 0.0680 e. The van der Waals surface area contributed by atoms with Gasteiger partial charge in [-0.3, -0.25) is 4.90 Å². The molecule has 0 saturated carbocycles. The van der Waals surface area contributed by atoms with Crippen LogP contribution >= 0.6 is 11.6 Å². The zero-order chi connectivity index (χ0) is 13.1. The fourth-order valence-corrected chi connectivity index (χ4v) is 2.79. The summed E-state index contributed by atoms with van der Waals surface area (Å²) >= 11 is 6.22. The Kier molecular flexibility index (Phi) is 4.62. The number of nitrogens with zero attached hydrogens (tertiary/aromatic N) is 1. The first-order valence-electron chi connectivity index (χ1n) is 6.44. The molecule has 3 nitrogen and oxygen atoms in total. The Morgan fingerprint density at radius 2 is 2.22 bits per heavy atom. The van der Waals surface area contributed by atoms with E-state index in [1.165, 1.54) is 0 Å². The number of hydrogen-bond donors (Lipinski definition) is 2. The second-order valence-corrected chi connectivity index (χ2v) is 5.54. The van der Waals surface area contributed by atoms with E-state index in [0.717, 1.165) is 23.6 Å². The van der Waals surface area contributed by atoms with Gasteiger partial charge in [0, 0.05) is 30.2 Å². The second-order valence-electron chi connectivity index (χ2n) is 5.13. The van der Waals surface area contributed by atoms with Crippen molar-refractivity contribution < 1.29 is 5.11 Å². The Balaban J connectivity index is 1.96. The molecule has 0 aliphatic carbocycles. The molecule has 1 aliphatic rings. The van der Waals surface area contributed by atoms with E-state index in [1.807, 2.05) is 18.2 Å². The van der Waals surface area contributed by atoms with E-state index in [4.69, 9.17) is 11.6 Å². The fraction of sp³-hybridized carbons (Fsp3) is 0.571. The van der Waals surface area contributed by atoms with Gasteiger partial charge in [0.2, 0.25) is 0 Å². The zero-order valence-electron chi connectivity index (χ0n) is 10.9. The molecule has 0 radical (unpaired) electrons. The van der Waals surface area contributed by atoms with Crippen LogP contribution in [0.25, 0.3) is 0 Å². The smallest absolute Gasteiger partial charge is 0.0680 e. The first kappa shape index (κ1) is 13.8. The number of hydrogen-bond acceptors (Lipinski definition) is 3. The number of nitrogens with one attached hydrogen (secondary N) is 1. The van der Waals surface area contributed by atoms with Gasteiger partial charge in [0.05, 0.1) is 6.10 Å². The van der Waals surface area contributed by atoms with Crippen LogP contribution in [-0.4, -0.2) is 42.3 Å². The normalized spacial score (nSPS) is 25.6. The van der Waals surface area contributed by atoms with Crippen molar-refractivity contribution in [2.24, 2.45) is 0 Å². The molecule has 1 fully saturated rings.